The van der Waals surface area contributed by atoms with Crippen molar-refractivity contribution in [2.45, 2.75) is 143 Å². The smallest absolute Gasteiger partial charge is 0.127 e. The molecule has 1 heterocycles. The van der Waals surface area contributed by atoms with Gasteiger partial charge >= 0.3 is 0 Å². The minimum absolute atomic E-state index is 0.166. The second-order valence-corrected chi connectivity index (χ2v) is 11.6. The van der Waals surface area contributed by atoms with E-state index < -0.39 is 17.8 Å². The summed E-state index contributed by atoms with van der Waals surface area (Å²) in [7, 11) is 0. The molecule has 0 radical (unpaired) electrons. The Labute approximate surface area is 207 Å². The molecule has 2 rings (SSSR count). The van der Waals surface area contributed by atoms with Crippen molar-refractivity contribution in [1.82, 2.24) is 0 Å². The number of aliphatic hydroxyl groups is 3. The first-order valence-corrected chi connectivity index (χ1v) is 13.4. The van der Waals surface area contributed by atoms with Gasteiger partial charge in [-0.05, 0) is 109 Å². The Morgan fingerprint density at radius 2 is 1.62 bits per heavy atom. The van der Waals surface area contributed by atoms with Gasteiger partial charge in [0.1, 0.15) is 17.1 Å². The predicted molar refractivity (Wildman–Crippen MR) is 139 cm³/mol. The molecule has 5 atom stereocenters. The normalized spacial score (nSPS) is 22.4. The van der Waals surface area contributed by atoms with Crippen molar-refractivity contribution in [3.63, 3.8) is 0 Å². The van der Waals surface area contributed by atoms with Gasteiger partial charge in [-0.2, -0.15) is 0 Å². The number of aromatic hydroxyl groups is 1. The molecule has 1 unspecified atom stereocenters. The van der Waals surface area contributed by atoms with Crippen molar-refractivity contribution in [3.05, 3.63) is 22.3 Å². The van der Waals surface area contributed by atoms with Crippen LogP contribution in [-0.2, 0) is 6.42 Å². The first kappa shape index (κ1) is 28.9. The van der Waals surface area contributed by atoms with Gasteiger partial charge in [-0.15, -0.1) is 0 Å². The lowest BCUT2D eigenvalue weighted by Crippen LogP contribution is -2.37. The van der Waals surface area contributed by atoms with E-state index in [1.54, 1.807) is 0 Å². The Bertz CT molecular complexity index is 802. The van der Waals surface area contributed by atoms with Gasteiger partial charge in [-0.3, -0.25) is 0 Å². The molecular formula is C29H50O5. The van der Waals surface area contributed by atoms with Crippen molar-refractivity contribution in [2.75, 3.05) is 0 Å². The van der Waals surface area contributed by atoms with E-state index in [9.17, 15) is 20.4 Å². The molecule has 0 spiro atoms. The van der Waals surface area contributed by atoms with Crippen LogP contribution in [0.2, 0.25) is 0 Å². The molecule has 0 saturated carbocycles. The van der Waals surface area contributed by atoms with Gasteiger partial charge in [0.05, 0.1) is 17.8 Å². The number of phenols is 1. The number of aliphatic hydroxyl groups excluding tert-OH is 2. The van der Waals surface area contributed by atoms with Crippen LogP contribution in [0, 0.1) is 26.7 Å². The fourth-order valence-corrected chi connectivity index (χ4v) is 5.32. The van der Waals surface area contributed by atoms with Gasteiger partial charge in [0, 0.05) is 5.56 Å². The molecule has 1 aliphatic heterocycles. The predicted octanol–water partition coefficient (Wildman–Crippen LogP) is 6.04. The average molecular weight is 479 g/mol. The molecule has 1 aromatic rings. The molecule has 0 bridgehead atoms. The molecule has 1 aromatic carbocycles. The second kappa shape index (κ2) is 12.1. The molecule has 0 aromatic heterocycles. The molecule has 4 N–H and O–H groups in total. The highest BCUT2D eigenvalue weighted by Gasteiger charge is 2.34. The number of phenolic OH excluding ortho intramolecular Hbond substituents is 1. The van der Waals surface area contributed by atoms with Crippen LogP contribution in [0.1, 0.15) is 114 Å². The summed E-state index contributed by atoms with van der Waals surface area (Å²) in [4.78, 5) is 0. The topological polar surface area (TPSA) is 90.2 Å². The van der Waals surface area contributed by atoms with Crippen molar-refractivity contribution in [1.29, 1.82) is 0 Å². The zero-order valence-electron chi connectivity index (χ0n) is 22.7. The summed E-state index contributed by atoms with van der Waals surface area (Å²) < 4.78 is 6.56. The van der Waals surface area contributed by atoms with Gasteiger partial charge in [0.15, 0.2) is 0 Å². The van der Waals surface area contributed by atoms with Crippen LogP contribution >= 0.6 is 0 Å². The molecule has 0 aliphatic carbocycles. The van der Waals surface area contributed by atoms with E-state index >= 15 is 0 Å². The highest BCUT2D eigenvalue weighted by Crippen LogP contribution is 2.44. The molecule has 0 fully saturated rings. The van der Waals surface area contributed by atoms with Crippen LogP contribution < -0.4 is 4.74 Å². The molecule has 196 valence electrons. The number of hydrogen-bond donors (Lipinski definition) is 4. The maximum atomic E-state index is 10.6. The Hall–Kier alpha value is -1.30. The van der Waals surface area contributed by atoms with Crippen molar-refractivity contribution in [3.8, 4) is 11.5 Å². The third kappa shape index (κ3) is 7.60. The van der Waals surface area contributed by atoms with Crippen molar-refractivity contribution < 1.29 is 25.2 Å². The molecule has 1 aliphatic rings. The number of benzene rings is 1. The fourth-order valence-electron chi connectivity index (χ4n) is 5.32. The molecule has 0 amide bonds. The van der Waals surface area contributed by atoms with Gasteiger partial charge in [-0.25, -0.2) is 0 Å². The second-order valence-electron chi connectivity index (χ2n) is 11.6. The van der Waals surface area contributed by atoms with Crippen LogP contribution in [0.3, 0.4) is 0 Å². The molecule has 0 saturated heterocycles. The summed E-state index contributed by atoms with van der Waals surface area (Å²) in [5.41, 5.74) is 3.13. The summed E-state index contributed by atoms with van der Waals surface area (Å²) >= 11 is 0. The Kier molecular flexibility index (Phi) is 10.3. The molecular weight excluding hydrogens is 428 g/mol. The summed E-state index contributed by atoms with van der Waals surface area (Å²) in [6, 6.07) is 0. The first-order chi connectivity index (χ1) is 15.8. The van der Waals surface area contributed by atoms with E-state index in [0.29, 0.717) is 37.4 Å². The summed E-state index contributed by atoms with van der Waals surface area (Å²) in [5.74, 6) is 1.98. The SMILES string of the molecule is CCC(O)[C@@H](O)CC[C@](C)(O)CCC[C@@H](C)CCC[C@]1(C)CCc2c(C)c(O)c(C)c(C)c2O1. The quantitative estimate of drug-likeness (QED) is 0.277. The Morgan fingerprint density at radius 1 is 0.971 bits per heavy atom. The van der Waals surface area contributed by atoms with Gasteiger partial charge in [0.25, 0.3) is 0 Å². The molecule has 34 heavy (non-hydrogen) atoms. The molecule has 5 heteroatoms. The van der Waals surface area contributed by atoms with E-state index in [4.69, 9.17) is 4.74 Å². The number of rotatable bonds is 13. The Balaban J connectivity index is 1.76. The average Bonchev–Trinajstić information content (AvgIpc) is 2.79. The van der Waals surface area contributed by atoms with Gasteiger partial charge in [0.2, 0.25) is 0 Å². The van der Waals surface area contributed by atoms with Crippen LogP contribution in [-0.4, -0.2) is 43.8 Å². The van der Waals surface area contributed by atoms with E-state index in [1.165, 1.54) is 0 Å². The fraction of sp³-hybridized carbons (Fsp3) is 0.793. The van der Waals surface area contributed by atoms with Crippen molar-refractivity contribution in [2.24, 2.45) is 5.92 Å². The third-order valence-electron chi connectivity index (χ3n) is 8.25. The number of fused-ring (bicyclic) bond motifs is 1. The monoisotopic (exact) mass is 478 g/mol. The lowest BCUT2D eigenvalue weighted by molar-refractivity contribution is -0.0174. The summed E-state index contributed by atoms with van der Waals surface area (Å²) in [6.45, 7) is 14.2. The highest BCUT2D eigenvalue weighted by atomic mass is 16.5. The first-order valence-electron chi connectivity index (χ1n) is 13.4. The van der Waals surface area contributed by atoms with E-state index in [2.05, 4.69) is 13.8 Å². The minimum atomic E-state index is -0.798. The lowest BCUT2D eigenvalue weighted by atomic mass is 9.83. The van der Waals surface area contributed by atoms with E-state index in [1.807, 2.05) is 34.6 Å². The van der Waals surface area contributed by atoms with Crippen molar-refractivity contribution >= 4 is 0 Å². The lowest BCUT2D eigenvalue weighted by Gasteiger charge is -2.38. The van der Waals surface area contributed by atoms with Crippen LogP contribution in [0.4, 0.5) is 0 Å². The highest BCUT2D eigenvalue weighted by molar-refractivity contribution is 5.58. The van der Waals surface area contributed by atoms with E-state index in [-0.39, 0.29) is 5.60 Å². The maximum Gasteiger partial charge on any atom is 0.127 e. The van der Waals surface area contributed by atoms with Crippen LogP contribution in [0.25, 0.3) is 0 Å². The zero-order valence-corrected chi connectivity index (χ0v) is 22.7. The zero-order chi connectivity index (χ0) is 25.7. The summed E-state index contributed by atoms with van der Waals surface area (Å²) in [6.07, 6.45) is 7.94. The molecule has 5 nitrogen and oxygen atoms in total. The van der Waals surface area contributed by atoms with Gasteiger partial charge < -0.3 is 25.2 Å². The standard InChI is InChI=1S/C29H50O5/c1-8-24(30)25(31)14-17-28(6,33)15-9-11-19(2)12-10-16-29(7)18-13-23-22(5)26(32)20(3)21(4)27(23)34-29/h19,24-25,30-33H,8-18H2,1-7H3/t19-,24?,25+,28-,29-/m1/s1. The summed E-state index contributed by atoms with van der Waals surface area (Å²) in [5, 5.41) is 40.7. The maximum absolute atomic E-state index is 10.6. The number of hydrogen-bond acceptors (Lipinski definition) is 5. The Morgan fingerprint density at radius 3 is 2.26 bits per heavy atom. The van der Waals surface area contributed by atoms with Crippen LogP contribution in [0.15, 0.2) is 0 Å². The largest absolute Gasteiger partial charge is 0.507 e. The minimum Gasteiger partial charge on any atom is -0.507 e. The third-order valence-corrected chi connectivity index (χ3v) is 8.25. The van der Waals surface area contributed by atoms with Gasteiger partial charge in [-0.1, -0.05) is 33.1 Å². The van der Waals surface area contributed by atoms with Crippen LogP contribution in [0.5, 0.6) is 11.5 Å². The van der Waals surface area contributed by atoms with E-state index in [0.717, 1.165) is 72.9 Å². The number of ether oxygens (including phenoxy) is 1.